The molecule has 0 heterocycles. The standard InChI is InChI=1S/C12H24N2O/c1-15-11-7-10(8-11)14-6-5-12(9-13)3-2-4-12/h10-11,14H,2-9,13H2,1H3. The van der Waals surface area contributed by atoms with Gasteiger partial charge < -0.3 is 15.8 Å². The van der Waals surface area contributed by atoms with E-state index >= 15 is 0 Å². The lowest BCUT2D eigenvalue weighted by molar-refractivity contribution is 0.0155. The Morgan fingerprint density at radius 1 is 1.40 bits per heavy atom. The van der Waals surface area contributed by atoms with Crippen LogP contribution in [-0.2, 0) is 4.74 Å². The molecule has 0 bridgehead atoms. The van der Waals surface area contributed by atoms with Gasteiger partial charge in [0.15, 0.2) is 0 Å². The van der Waals surface area contributed by atoms with Crippen molar-refractivity contribution in [3.05, 3.63) is 0 Å². The number of nitrogens with two attached hydrogens (primary N) is 1. The third-order valence-electron chi connectivity index (χ3n) is 4.36. The molecule has 0 saturated heterocycles. The lowest BCUT2D eigenvalue weighted by atomic mass is 9.66. The van der Waals surface area contributed by atoms with Crippen LogP contribution in [0.25, 0.3) is 0 Å². The highest BCUT2D eigenvalue weighted by atomic mass is 16.5. The second-order valence-electron chi connectivity index (χ2n) is 5.29. The van der Waals surface area contributed by atoms with Crippen LogP contribution in [0.5, 0.6) is 0 Å². The van der Waals surface area contributed by atoms with E-state index < -0.39 is 0 Å². The van der Waals surface area contributed by atoms with Gasteiger partial charge >= 0.3 is 0 Å². The molecule has 0 spiro atoms. The maximum atomic E-state index is 5.83. The number of hydrogen-bond acceptors (Lipinski definition) is 3. The van der Waals surface area contributed by atoms with E-state index in [9.17, 15) is 0 Å². The summed E-state index contributed by atoms with van der Waals surface area (Å²) in [5, 5.41) is 3.61. The number of methoxy groups -OCH3 is 1. The minimum Gasteiger partial charge on any atom is -0.381 e. The molecule has 0 unspecified atom stereocenters. The van der Waals surface area contributed by atoms with Gasteiger partial charge in [-0.3, -0.25) is 0 Å². The van der Waals surface area contributed by atoms with Crippen molar-refractivity contribution in [1.29, 1.82) is 0 Å². The van der Waals surface area contributed by atoms with Gasteiger partial charge in [-0.25, -0.2) is 0 Å². The van der Waals surface area contributed by atoms with Crippen molar-refractivity contribution in [2.75, 3.05) is 20.2 Å². The Kier molecular flexibility index (Phi) is 3.65. The van der Waals surface area contributed by atoms with E-state index in [0.29, 0.717) is 17.6 Å². The van der Waals surface area contributed by atoms with Crippen molar-refractivity contribution in [3.63, 3.8) is 0 Å². The van der Waals surface area contributed by atoms with E-state index in [1.54, 1.807) is 7.11 Å². The van der Waals surface area contributed by atoms with Crippen LogP contribution in [0.2, 0.25) is 0 Å². The van der Waals surface area contributed by atoms with E-state index in [1.807, 2.05) is 0 Å². The molecule has 0 amide bonds. The first kappa shape index (κ1) is 11.4. The van der Waals surface area contributed by atoms with Gasteiger partial charge in [-0.15, -0.1) is 0 Å². The van der Waals surface area contributed by atoms with Crippen LogP contribution in [0.15, 0.2) is 0 Å². The van der Waals surface area contributed by atoms with Crippen LogP contribution in [0.4, 0.5) is 0 Å². The molecular weight excluding hydrogens is 188 g/mol. The molecule has 2 aliphatic carbocycles. The fraction of sp³-hybridized carbons (Fsp3) is 1.00. The van der Waals surface area contributed by atoms with E-state index in [0.717, 1.165) is 13.1 Å². The van der Waals surface area contributed by atoms with Crippen LogP contribution in [0.1, 0.15) is 38.5 Å². The van der Waals surface area contributed by atoms with Gasteiger partial charge in [0.1, 0.15) is 0 Å². The predicted molar refractivity (Wildman–Crippen MR) is 61.8 cm³/mol. The maximum absolute atomic E-state index is 5.83. The van der Waals surface area contributed by atoms with Crippen molar-refractivity contribution in [2.45, 2.75) is 50.7 Å². The first-order chi connectivity index (χ1) is 7.28. The van der Waals surface area contributed by atoms with Gasteiger partial charge in [0.05, 0.1) is 6.10 Å². The largest absolute Gasteiger partial charge is 0.381 e. The van der Waals surface area contributed by atoms with Gasteiger partial charge in [0.2, 0.25) is 0 Å². The average molecular weight is 212 g/mol. The van der Waals surface area contributed by atoms with Gasteiger partial charge in [-0.05, 0) is 50.6 Å². The minimum atomic E-state index is 0.497. The van der Waals surface area contributed by atoms with Crippen LogP contribution in [-0.4, -0.2) is 32.3 Å². The highest BCUT2D eigenvalue weighted by molar-refractivity contribution is 4.91. The Hall–Kier alpha value is -0.120. The molecule has 0 aromatic heterocycles. The van der Waals surface area contributed by atoms with Gasteiger partial charge in [-0.1, -0.05) is 6.42 Å². The molecule has 0 radical (unpaired) electrons. The number of ether oxygens (including phenoxy) is 1. The Bertz CT molecular complexity index is 192. The number of nitrogens with one attached hydrogen (secondary N) is 1. The fourth-order valence-corrected chi connectivity index (χ4v) is 2.70. The lowest BCUT2D eigenvalue weighted by Gasteiger charge is -2.42. The molecular formula is C12H24N2O. The maximum Gasteiger partial charge on any atom is 0.0601 e. The van der Waals surface area contributed by atoms with Crippen molar-refractivity contribution in [2.24, 2.45) is 11.1 Å². The SMILES string of the molecule is COC1CC(NCCC2(CN)CCC2)C1. The smallest absolute Gasteiger partial charge is 0.0601 e. The molecule has 15 heavy (non-hydrogen) atoms. The summed E-state index contributed by atoms with van der Waals surface area (Å²) in [6.07, 6.45) is 8.21. The second kappa shape index (κ2) is 4.81. The normalized spacial score (nSPS) is 33.2. The molecule has 2 aliphatic rings. The molecule has 2 saturated carbocycles. The molecule has 3 heteroatoms. The summed E-state index contributed by atoms with van der Waals surface area (Å²) in [7, 11) is 1.80. The van der Waals surface area contributed by atoms with E-state index in [2.05, 4.69) is 5.32 Å². The van der Waals surface area contributed by atoms with Crippen molar-refractivity contribution < 1.29 is 4.74 Å². The molecule has 3 nitrogen and oxygen atoms in total. The average Bonchev–Trinajstić information content (AvgIpc) is 2.13. The van der Waals surface area contributed by atoms with Gasteiger partial charge in [-0.2, -0.15) is 0 Å². The Balaban J connectivity index is 1.55. The lowest BCUT2D eigenvalue weighted by Crippen LogP contribution is -2.47. The van der Waals surface area contributed by atoms with Crippen LogP contribution in [0.3, 0.4) is 0 Å². The van der Waals surface area contributed by atoms with Crippen LogP contribution in [0, 0.1) is 5.41 Å². The molecule has 3 N–H and O–H groups in total. The summed E-state index contributed by atoms with van der Waals surface area (Å²) in [6.45, 7) is 2.01. The summed E-state index contributed by atoms with van der Waals surface area (Å²) in [5.74, 6) is 0. The molecule has 2 fully saturated rings. The zero-order valence-corrected chi connectivity index (χ0v) is 9.80. The van der Waals surface area contributed by atoms with Gasteiger partial charge in [0.25, 0.3) is 0 Å². The van der Waals surface area contributed by atoms with E-state index in [-0.39, 0.29) is 0 Å². The molecule has 0 aliphatic heterocycles. The number of hydrogen-bond donors (Lipinski definition) is 2. The Morgan fingerprint density at radius 3 is 2.60 bits per heavy atom. The zero-order chi connectivity index (χ0) is 10.7. The summed E-state index contributed by atoms with van der Waals surface area (Å²) in [5.41, 5.74) is 6.33. The molecule has 0 aromatic carbocycles. The molecule has 0 atom stereocenters. The third kappa shape index (κ3) is 2.52. The van der Waals surface area contributed by atoms with Crippen LogP contribution >= 0.6 is 0 Å². The topological polar surface area (TPSA) is 47.3 Å². The first-order valence-electron chi connectivity index (χ1n) is 6.24. The van der Waals surface area contributed by atoms with Crippen molar-refractivity contribution in [3.8, 4) is 0 Å². The molecule has 2 rings (SSSR count). The molecule has 0 aromatic rings. The van der Waals surface area contributed by atoms with Crippen LogP contribution < -0.4 is 11.1 Å². The Morgan fingerprint density at radius 2 is 2.13 bits per heavy atom. The second-order valence-corrected chi connectivity index (χ2v) is 5.29. The van der Waals surface area contributed by atoms with E-state index in [4.69, 9.17) is 10.5 Å². The Labute approximate surface area is 92.7 Å². The molecule has 88 valence electrons. The highest BCUT2D eigenvalue weighted by Gasteiger charge is 2.35. The summed E-state index contributed by atoms with van der Waals surface area (Å²) in [4.78, 5) is 0. The monoisotopic (exact) mass is 212 g/mol. The summed E-state index contributed by atoms with van der Waals surface area (Å²) < 4.78 is 5.26. The van der Waals surface area contributed by atoms with Crippen molar-refractivity contribution >= 4 is 0 Å². The third-order valence-corrected chi connectivity index (χ3v) is 4.36. The zero-order valence-electron chi connectivity index (χ0n) is 9.80. The first-order valence-corrected chi connectivity index (χ1v) is 6.24. The van der Waals surface area contributed by atoms with Crippen molar-refractivity contribution in [1.82, 2.24) is 5.32 Å². The number of rotatable bonds is 6. The summed E-state index contributed by atoms with van der Waals surface area (Å²) in [6, 6.07) is 0.699. The van der Waals surface area contributed by atoms with Gasteiger partial charge in [0, 0.05) is 13.2 Å². The minimum absolute atomic E-state index is 0.497. The highest BCUT2D eigenvalue weighted by Crippen LogP contribution is 2.42. The quantitative estimate of drug-likeness (QED) is 0.697. The van der Waals surface area contributed by atoms with E-state index in [1.165, 1.54) is 38.5 Å². The predicted octanol–water partition coefficient (Wildman–Crippen LogP) is 1.27. The fourth-order valence-electron chi connectivity index (χ4n) is 2.70. The summed E-state index contributed by atoms with van der Waals surface area (Å²) >= 11 is 0.